The van der Waals surface area contributed by atoms with Crippen LogP contribution in [-0.4, -0.2) is 0 Å². The summed E-state index contributed by atoms with van der Waals surface area (Å²) in [4.78, 5) is 0. The van der Waals surface area contributed by atoms with E-state index in [4.69, 9.17) is 0 Å². The first-order valence-corrected chi connectivity index (χ1v) is 7.91. The van der Waals surface area contributed by atoms with Gasteiger partial charge in [0.1, 0.15) is 0 Å². The van der Waals surface area contributed by atoms with Crippen molar-refractivity contribution in [3.05, 3.63) is 44.4 Å². The van der Waals surface area contributed by atoms with E-state index in [2.05, 4.69) is 57.5 Å². The lowest BCUT2D eigenvalue weighted by Gasteiger charge is -2.02. The van der Waals surface area contributed by atoms with Crippen LogP contribution >= 0.6 is 31.9 Å². The highest BCUT2D eigenvalue weighted by atomic mass is 79.9. The molecule has 0 heterocycles. The van der Waals surface area contributed by atoms with Gasteiger partial charge in [-0.25, -0.2) is 0 Å². The van der Waals surface area contributed by atoms with Gasteiger partial charge in [-0.15, -0.1) is 0 Å². The van der Waals surface area contributed by atoms with Gasteiger partial charge in [0, 0.05) is 20.1 Å². The fraction of sp³-hybridized carbons (Fsp3) is 0.375. The molecule has 0 atom stereocenters. The summed E-state index contributed by atoms with van der Waals surface area (Å²) in [5.74, 6) is 6.55. The van der Waals surface area contributed by atoms with Crippen LogP contribution in [0.1, 0.15) is 45.1 Å². The number of hydrogen-bond acceptors (Lipinski definition) is 0. The zero-order chi connectivity index (χ0) is 13.4. The molecule has 0 aromatic heterocycles. The molecule has 0 saturated heterocycles. The molecule has 0 aliphatic rings. The van der Waals surface area contributed by atoms with E-state index in [0.29, 0.717) is 0 Å². The number of halogens is 2. The third-order valence-corrected chi connectivity index (χ3v) is 3.90. The maximum absolute atomic E-state index is 3.66. The van der Waals surface area contributed by atoms with Crippen LogP contribution in [0.15, 0.2) is 38.8 Å². The second-order valence-corrected chi connectivity index (χ2v) is 6.01. The van der Waals surface area contributed by atoms with E-state index >= 15 is 0 Å². The molecule has 0 unspecified atom stereocenters. The Labute approximate surface area is 127 Å². The van der Waals surface area contributed by atoms with Crippen LogP contribution in [0.2, 0.25) is 0 Å². The summed E-state index contributed by atoms with van der Waals surface area (Å²) in [6.07, 6.45) is 4.39. The quantitative estimate of drug-likeness (QED) is 0.566. The molecule has 0 fully saturated rings. The van der Waals surface area contributed by atoms with Gasteiger partial charge in [0.2, 0.25) is 0 Å². The molecule has 0 nitrogen and oxygen atoms in total. The zero-order valence-electron chi connectivity index (χ0n) is 10.9. The number of allylic oxidation sites excluding steroid dienone is 2. The Kier molecular flexibility index (Phi) is 7.39. The summed E-state index contributed by atoms with van der Waals surface area (Å²) >= 11 is 7.09. The first kappa shape index (κ1) is 15.5. The fourth-order valence-corrected chi connectivity index (χ4v) is 2.53. The van der Waals surface area contributed by atoms with Crippen molar-refractivity contribution < 1.29 is 0 Å². The molecule has 0 bridgehead atoms. The van der Waals surface area contributed by atoms with Gasteiger partial charge in [-0.3, -0.25) is 0 Å². The summed E-state index contributed by atoms with van der Waals surface area (Å²) in [5, 5.41) is 0. The normalized spacial score (nSPS) is 11.6. The standard InChI is InChI=1S/C16H18Br2/c1-3-5-14(16(18)6-4-2)10-7-13-8-11-15(17)12-9-13/h8-9,11-12H,3-6H2,1-2H3/b16-14-. The average molecular weight is 370 g/mol. The first-order valence-electron chi connectivity index (χ1n) is 6.32. The highest BCUT2D eigenvalue weighted by Crippen LogP contribution is 2.21. The maximum atomic E-state index is 3.66. The minimum absolute atomic E-state index is 1.05. The van der Waals surface area contributed by atoms with Crippen LogP contribution in [0.5, 0.6) is 0 Å². The van der Waals surface area contributed by atoms with Crippen LogP contribution in [-0.2, 0) is 0 Å². The molecule has 0 spiro atoms. The number of hydrogen-bond donors (Lipinski definition) is 0. The smallest absolute Gasteiger partial charge is 0.0249 e. The molecule has 0 aliphatic carbocycles. The van der Waals surface area contributed by atoms with Crippen LogP contribution < -0.4 is 0 Å². The van der Waals surface area contributed by atoms with Crippen molar-refractivity contribution in [3.8, 4) is 11.8 Å². The molecule has 96 valence electrons. The van der Waals surface area contributed by atoms with Crippen LogP contribution in [0, 0.1) is 11.8 Å². The Morgan fingerprint density at radius 2 is 1.67 bits per heavy atom. The third kappa shape index (κ3) is 5.42. The highest BCUT2D eigenvalue weighted by molar-refractivity contribution is 9.11. The van der Waals surface area contributed by atoms with E-state index in [0.717, 1.165) is 35.7 Å². The van der Waals surface area contributed by atoms with Crippen molar-refractivity contribution in [2.45, 2.75) is 39.5 Å². The van der Waals surface area contributed by atoms with Gasteiger partial charge >= 0.3 is 0 Å². The van der Waals surface area contributed by atoms with E-state index in [1.807, 2.05) is 24.3 Å². The lowest BCUT2D eigenvalue weighted by molar-refractivity contribution is 0.893. The Morgan fingerprint density at radius 3 is 2.22 bits per heavy atom. The Bertz CT molecular complexity index is 458. The molecule has 0 saturated carbocycles. The van der Waals surface area contributed by atoms with E-state index in [-0.39, 0.29) is 0 Å². The molecule has 18 heavy (non-hydrogen) atoms. The Morgan fingerprint density at radius 1 is 1.06 bits per heavy atom. The molecular formula is C16H18Br2. The molecule has 0 N–H and O–H groups in total. The minimum atomic E-state index is 1.05. The first-order chi connectivity index (χ1) is 8.67. The molecular weight excluding hydrogens is 352 g/mol. The average Bonchev–Trinajstić information content (AvgIpc) is 2.36. The maximum Gasteiger partial charge on any atom is 0.0249 e. The second-order valence-electron chi connectivity index (χ2n) is 4.14. The van der Waals surface area contributed by atoms with Crippen molar-refractivity contribution in [1.29, 1.82) is 0 Å². The third-order valence-electron chi connectivity index (χ3n) is 2.50. The van der Waals surface area contributed by atoms with Crippen molar-refractivity contribution in [3.63, 3.8) is 0 Å². The monoisotopic (exact) mass is 368 g/mol. The molecule has 0 aliphatic heterocycles. The van der Waals surface area contributed by atoms with Crippen LogP contribution in [0.25, 0.3) is 0 Å². The van der Waals surface area contributed by atoms with Gasteiger partial charge in [-0.2, -0.15) is 0 Å². The summed E-state index contributed by atoms with van der Waals surface area (Å²) in [7, 11) is 0. The van der Waals surface area contributed by atoms with Crippen molar-refractivity contribution in [2.24, 2.45) is 0 Å². The van der Waals surface area contributed by atoms with Gasteiger partial charge in [0.05, 0.1) is 0 Å². The lowest BCUT2D eigenvalue weighted by Crippen LogP contribution is -1.85. The van der Waals surface area contributed by atoms with E-state index < -0.39 is 0 Å². The number of benzene rings is 1. The predicted molar refractivity (Wildman–Crippen MR) is 86.8 cm³/mol. The summed E-state index contributed by atoms with van der Waals surface area (Å²) in [6, 6.07) is 8.12. The predicted octanol–water partition coefficient (Wildman–Crippen LogP) is 6.05. The minimum Gasteiger partial charge on any atom is -0.0653 e. The largest absolute Gasteiger partial charge is 0.0653 e. The van der Waals surface area contributed by atoms with Crippen molar-refractivity contribution >= 4 is 31.9 Å². The Hall–Kier alpha value is -0.520. The molecule has 2 heteroatoms. The molecule has 1 aromatic rings. The lowest BCUT2D eigenvalue weighted by atomic mass is 10.1. The Balaban J connectivity index is 2.91. The van der Waals surface area contributed by atoms with Crippen LogP contribution in [0.4, 0.5) is 0 Å². The van der Waals surface area contributed by atoms with Crippen molar-refractivity contribution in [2.75, 3.05) is 0 Å². The molecule has 0 amide bonds. The zero-order valence-corrected chi connectivity index (χ0v) is 14.1. The topological polar surface area (TPSA) is 0 Å². The SMILES string of the molecule is CCC/C(Br)=C(/C#Cc1ccc(Br)cc1)CCC. The second kappa shape index (κ2) is 8.56. The highest BCUT2D eigenvalue weighted by Gasteiger charge is 1.99. The van der Waals surface area contributed by atoms with Gasteiger partial charge in [-0.05, 0) is 37.1 Å². The summed E-state index contributed by atoms with van der Waals surface area (Å²) < 4.78 is 2.35. The van der Waals surface area contributed by atoms with Gasteiger partial charge in [-0.1, -0.05) is 70.4 Å². The summed E-state index contributed by atoms with van der Waals surface area (Å²) in [6.45, 7) is 4.38. The van der Waals surface area contributed by atoms with E-state index in [1.54, 1.807) is 0 Å². The van der Waals surface area contributed by atoms with Crippen LogP contribution in [0.3, 0.4) is 0 Å². The van der Waals surface area contributed by atoms with Gasteiger partial charge in [0.25, 0.3) is 0 Å². The molecule has 1 aromatic carbocycles. The number of rotatable bonds is 4. The van der Waals surface area contributed by atoms with Gasteiger partial charge < -0.3 is 0 Å². The van der Waals surface area contributed by atoms with Gasteiger partial charge in [0.15, 0.2) is 0 Å². The van der Waals surface area contributed by atoms with E-state index in [9.17, 15) is 0 Å². The molecule has 1 rings (SSSR count). The fourth-order valence-electron chi connectivity index (χ4n) is 1.57. The molecule has 0 radical (unpaired) electrons. The summed E-state index contributed by atoms with van der Waals surface area (Å²) in [5.41, 5.74) is 2.30. The van der Waals surface area contributed by atoms with Crippen molar-refractivity contribution in [1.82, 2.24) is 0 Å². The van der Waals surface area contributed by atoms with E-state index in [1.165, 1.54) is 10.1 Å².